The van der Waals surface area contributed by atoms with E-state index >= 15 is 0 Å². The lowest BCUT2D eigenvalue weighted by atomic mass is 9.81. The van der Waals surface area contributed by atoms with E-state index in [0.717, 1.165) is 71.9 Å². The fourth-order valence-electron chi connectivity index (χ4n) is 11.9. The van der Waals surface area contributed by atoms with Gasteiger partial charge < -0.3 is 8.98 Å². The zero-order chi connectivity index (χ0) is 46.2. The van der Waals surface area contributed by atoms with Crippen molar-refractivity contribution < 1.29 is 4.42 Å². The molecule has 14 rings (SSSR count). The van der Waals surface area contributed by atoms with E-state index < -0.39 is 0 Å². The number of para-hydroxylation sites is 4. The molecule has 2 aliphatic carbocycles. The standard InChI is InChI=1S/C63H45N5O/c1-62(2)48-28-12-9-22-41(48)47-37-38(35-36-50(47)62)59-64-60(46-27-16-26-44-42-23-10-14-30-51(42)67(58(44)46)39-19-6-5-7-20-39)66-61(65-59)68(52-31-18-34-55-56(52)45-24-11-15-33-54(45)69-55)53-32-17-25-43-40-21-8-13-29-49(40)63(3,4)57(43)53/h5-37H,1-4H3. The highest BCUT2D eigenvalue weighted by molar-refractivity contribution is 6.15. The molecule has 0 fully saturated rings. The van der Waals surface area contributed by atoms with Crippen molar-refractivity contribution in [3.63, 3.8) is 0 Å². The fraction of sp³-hybridized carbons (Fsp3) is 0.0952. The molecule has 0 saturated carbocycles. The maximum absolute atomic E-state index is 6.62. The van der Waals surface area contributed by atoms with Crippen molar-refractivity contribution in [3.8, 4) is 50.7 Å². The molecule has 0 amide bonds. The Labute approximate surface area is 399 Å². The van der Waals surface area contributed by atoms with Gasteiger partial charge in [-0.15, -0.1) is 0 Å². The van der Waals surface area contributed by atoms with Gasteiger partial charge in [-0.05, 0) is 99.1 Å². The first-order valence-electron chi connectivity index (χ1n) is 23.8. The van der Waals surface area contributed by atoms with Gasteiger partial charge in [-0.25, -0.2) is 4.98 Å². The maximum atomic E-state index is 6.62. The summed E-state index contributed by atoms with van der Waals surface area (Å²) in [4.78, 5) is 19.2. The summed E-state index contributed by atoms with van der Waals surface area (Å²) in [6.07, 6.45) is 0. The molecule has 3 aromatic heterocycles. The first-order chi connectivity index (χ1) is 33.8. The van der Waals surface area contributed by atoms with Crippen molar-refractivity contribution in [1.29, 1.82) is 0 Å². The molecule has 0 N–H and O–H groups in total. The summed E-state index contributed by atoms with van der Waals surface area (Å²) in [6, 6.07) is 71.4. The van der Waals surface area contributed by atoms with E-state index in [4.69, 9.17) is 19.4 Å². The molecule has 0 spiro atoms. The van der Waals surface area contributed by atoms with Crippen LogP contribution in [0.25, 0.3) is 94.5 Å². The minimum atomic E-state index is -0.353. The molecule has 69 heavy (non-hydrogen) atoms. The lowest BCUT2D eigenvalue weighted by molar-refractivity contribution is 0.660. The van der Waals surface area contributed by atoms with Crippen LogP contribution in [0.15, 0.2) is 205 Å². The van der Waals surface area contributed by atoms with Crippen LogP contribution < -0.4 is 4.90 Å². The van der Waals surface area contributed by atoms with Gasteiger partial charge in [-0.2, -0.15) is 9.97 Å². The zero-order valence-electron chi connectivity index (χ0n) is 38.7. The first kappa shape index (κ1) is 39.5. The summed E-state index contributed by atoms with van der Waals surface area (Å²) in [7, 11) is 0. The summed E-state index contributed by atoms with van der Waals surface area (Å²) >= 11 is 0. The molecule has 9 aromatic carbocycles. The Morgan fingerprint density at radius 3 is 1.87 bits per heavy atom. The Bertz CT molecular complexity index is 4100. The molecule has 2 aliphatic rings. The van der Waals surface area contributed by atoms with E-state index in [0.29, 0.717) is 17.6 Å². The molecular weight excluding hydrogens is 843 g/mol. The van der Waals surface area contributed by atoms with Crippen LogP contribution in [0, 0.1) is 0 Å². The van der Waals surface area contributed by atoms with Crippen LogP contribution in [0.3, 0.4) is 0 Å². The van der Waals surface area contributed by atoms with E-state index in [1.54, 1.807) is 0 Å². The molecule has 3 heterocycles. The minimum absolute atomic E-state index is 0.151. The van der Waals surface area contributed by atoms with Crippen LogP contribution in [0.2, 0.25) is 0 Å². The van der Waals surface area contributed by atoms with Crippen LogP contribution in [0.5, 0.6) is 0 Å². The number of anilines is 3. The van der Waals surface area contributed by atoms with Crippen molar-refractivity contribution in [2.75, 3.05) is 4.90 Å². The summed E-state index contributed by atoms with van der Waals surface area (Å²) in [5.74, 6) is 1.67. The molecule has 6 heteroatoms. The number of benzene rings is 9. The molecule has 0 atom stereocenters. The summed E-state index contributed by atoms with van der Waals surface area (Å²) in [5, 5.41) is 4.30. The van der Waals surface area contributed by atoms with Crippen molar-refractivity contribution in [2.24, 2.45) is 0 Å². The minimum Gasteiger partial charge on any atom is -0.456 e. The number of hydrogen-bond donors (Lipinski definition) is 0. The quantitative estimate of drug-likeness (QED) is 0.166. The number of rotatable bonds is 6. The highest BCUT2D eigenvalue weighted by Gasteiger charge is 2.40. The van der Waals surface area contributed by atoms with E-state index in [1.807, 2.05) is 12.1 Å². The molecule has 0 aliphatic heterocycles. The number of hydrogen-bond acceptors (Lipinski definition) is 5. The largest absolute Gasteiger partial charge is 0.456 e. The predicted octanol–water partition coefficient (Wildman–Crippen LogP) is 16.3. The Morgan fingerprint density at radius 1 is 0.435 bits per heavy atom. The number of furan rings is 1. The van der Waals surface area contributed by atoms with Crippen LogP contribution >= 0.6 is 0 Å². The van der Waals surface area contributed by atoms with E-state index in [2.05, 4.69) is 225 Å². The van der Waals surface area contributed by atoms with Gasteiger partial charge in [0.2, 0.25) is 5.95 Å². The monoisotopic (exact) mass is 887 g/mol. The van der Waals surface area contributed by atoms with Crippen molar-refractivity contribution in [2.45, 2.75) is 38.5 Å². The smallest absolute Gasteiger partial charge is 0.238 e. The summed E-state index contributed by atoms with van der Waals surface area (Å²) < 4.78 is 8.98. The van der Waals surface area contributed by atoms with E-state index in [9.17, 15) is 0 Å². The molecular formula is C63H45N5O. The molecule has 6 nitrogen and oxygen atoms in total. The van der Waals surface area contributed by atoms with Gasteiger partial charge in [0.1, 0.15) is 11.2 Å². The molecule has 328 valence electrons. The third-order valence-electron chi connectivity index (χ3n) is 15.0. The summed E-state index contributed by atoms with van der Waals surface area (Å²) in [5.41, 5.74) is 18.1. The van der Waals surface area contributed by atoms with Crippen molar-refractivity contribution in [3.05, 3.63) is 222 Å². The highest BCUT2D eigenvalue weighted by Crippen LogP contribution is 2.55. The molecule has 0 unspecified atom stereocenters. The van der Waals surface area contributed by atoms with Gasteiger partial charge in [-0.1, -0.05) is 173 Å². The van der Waals surface area contributed by atoms with Gasteiger partial charge in [0.05, 0.1) is 27.8 Å². The second kappa shape index (κ2) is 14.4. The van der Waals surface area contributed by atoms with Gasteiger partial charge in [0, 0.05) is 43.8 Å². The van der Waals surface area contributed by atoms with Crippen molar-refractivity contribution >= 4 is 61.1 Å². The van der Waals surface area contributed by atoms with Gasteiger partial charge in [0.15, 0.2) is 11.6 Å². The molecule has 0 saturated heterocycles. The van der Waals surface area contributed by atoms with Gasteiger partial charge in [-0.3, -0.25) is 4.90 Å². The Morgan fingerprint density at radius 2 is 1.03 bits per heavy atom. The second-order valence-corrected chi connectivity index (χ2v) is 19.6. The normalized spacial score (nSPS) is 14.0. The van der Waals surface area contributed by atoms with Crippen LogP contribution in [0.1, 0.15) is 49.9 Å². The third kappa shape index (κ3) is 5.63. The van der Waals surface area contributed by atoms with Crippen LogP contribution in [-0.4, -0.2) is 19.5 Å². The van der Waals surface area contributed by atoms with Crippen LogP contribution in [-0.2, 0) is 10.8 Å². The molecule has 12 aromatic rings. The molecule has 0 radical (unpaired) electrons. The Hall–Kier alpha value is -8.61. The van der Waals surface area contributed by atoms with Crippen LogP contribution in [0.4, 0.5) is 17.3 Å². The highest BCUT2D eigenvalue weighted by atomic mass is 16.3. The molecule has 0 bridgehead atoms. The van der Waals surface area contributed by atoms with Gasteiger partial charge in [0.25, 0.3) is 0 Å². The average molecular weight is 888 g/mol. The van der Waals surface area contributed by atoms with Gasteiger partial charge >= 0.3 is 0 Å². The Kier molecular flexibility index (Phi) is 8.28. The fourth-order valence-corrected chi connectivity index (χ4v) is 11.9. The first-order valence-corrected chi connectivity index (χ1v) is 23.8. The lowest BCUT2D eigenvalue weighted by Gasteiger charge is -2.31. The average Bonchev–Trinajstić information content (AvgIpc) is 4.08. The zero-order valence-corrected chi connectivity index (χ0v) is 38.7. The SMILES string of the molecule is CC1(C)c2ccccc2-c2cc(-c3nc(-c4cccc5c6ccccc6n(-c6ccccc6)c45)nc(N(c4cccc5c4C(C)(C)c4ccccc4-5)c4cccc5oc6ccccc6c45)n3)ccc21. The lowest BCUT2D eigenvalue weighted by Crippen LogP contribution is -2.22. The van der Waals surface area contributed by atoms with E-state index in [-0.39, 0.29) is 10.8 Å². The second-order valence-electron chi connectivity index (χ2n) is 19.6. The topological polar surface area (TPSA) is 60.0 Å². The van der Waals surface area contributed by atoms with Crippen molar-refractivity contribution in [1.82, 2.24) is 19.5 Å². The summed E-state index contributed by atoms with van der Waals surface area (Å²) in [6.45, 7) is 9.31. The number of aromatic nitrogens is 4. The Balaban J connectivity index is 1.11. The number of nitrogens with zero attached hydrogens (tertiary/aromatic N) is 5. The van der Waals surface area contributed by atoms with E-state index in [1.165, 1.54) is 44.5 Å². The maximum Gasteiger partial charge on any atom is 0.238 e. The number of fused-ring (bicyclic) bond motifs is 12. The third-order valence-corrected chi connectivity index (χ3v) is 15.0. The predicted molar refractivity (Wildman–Crippen MR) is 282 cm³/mol.